The number of hydrogen-bond acceptors (Lipinski definition) is 3. The molecule has 0 saturated carbocycles. The zero-order chi connectivity index (χ0) is 9.42. The molecule has 0 atom stereocenters. The minimum absolute atomic E-state index is 0.366. The van der Waals surface area contributed by atoms with E-state index in [4.69, 9.17) is 5.11 Å². The number of aromatic nitrogens is 1. The van der Waals surface area contributed by atoms with Gasteiger partial charge in [-0.3, -0.25) is 4.98 Å². The molecule has 0 amide bonds. The predicted octanol–water partition coefficient (Wildman–Crippen LogP) is 1.84. The lowest BCUT2D eigenvalue weighted by Gasteiger charge is -2.04. The van der Waals surface area contributed by atoms with Crippen molar-refractivity contribution in [2.75, 3.05) is 0 Å². The molecule has 0 aromatic carbocycles. The molecule has 0 aliphatic carbocycles. The standard InChI is InChI=1S/C9H9NO2S/c1-5-7-3-13-4-8(7)6(2-10-5)9(11)12/h2H,3-4H2,1H3,(H,11,12). The number of carboxylic acids is 1. The Morgan fingerprint density at radius 1 is 1.54 bits per heavy atom. The zero-order valence-electron chi connectivity index (χ0n) is 7.20. The second kappa shape index (κ2) is 3.03. The molecule has 68 valence electrons. The van der Waals surface area contributed by atoms with Gasteiger partial charge in [0.15, 0.2) is 0 Å². The molecular weight excluding hydrogens is 186 g/mol. The van der Waals surface area contributed by atoms with Crippen LogP contribution in [0.5, 0.6) is 0 Å². The Labute approximate surface area is 80.2 Å². The smallest absolute Gasteiger partial charge is 0.337 e. The number of thioether (sulfide) groups is 1. The molecule has 1 aromatic heterocycles. The van der Waals surface area contributed by atoms with Crippen LogP contribution in [-0.4, -0.2) is 16.1 Å². The lowest BCUT2D eigenvalue weighted by molar-refractivity contribution is 0.0695. The van der Waals surface area contributed by atoms with Gasteiger partial charge in [-0.1, -0.05) is 0 Å². The van der Waals surface area contributed by atoms with Gasteiger partial charge in [0, 0.05) is 23.4 Å². The summed E-state index contributed by atoms with van der Waals surface area (Å²) in [5, 5.41) is 8.89. The largest absolute Gasteiger partial charge is 0.478 e. The molecule has 1 N–H and O–H groups in total. The molecular formula is C9H9NO2S. The van der Waals surface area contributed by atoms with E-state index in [9.17, 15) is 4.79 Å². The summed E-state index contributed by atoms with van der Waals surface area (Å²) in [4.78, 5) is 14.9. The van der Waals surface area contributed by atoms with Crippen LogP contribution < -0.4 is 0 Å². The highest BCUT2D eigenvalue weighted by atomic mass is 32.2. The average molecular weight is 195 g/mol. The molecule has 1 aliphatic heterocycles. The van der Waals surface area contributed by atoms with Gasteiger partial charge in [-0.05, 0) is 18.1 Å². The van der Waals surface area contributed by atoms with Crippen LogP contribution in [0.2, 0.25) is 0 Å². The van der Waals surface area contributed by atoms with Gasteiger partial charge in [-0.15, -0.1) is 0 Å². The van der Waals surface area contributed by atoms with Crippen molar-refractivity contribution >= 4 is 17.7 Å². The van der Waals surface area contributed by atoms with Crippen molar-refractivity contribution in [3.8, 4) is 0 Å². The van der Waals surface area contributed by atoms with Gasteiger partial charge in [-0.2, -0.15) is 11.8 Å². The van der Waals surface area contributed by atoms with Gasteiger partial charge in [0.05, 0.1) is 5.56 Å². The monoisotopic (exact) mass is 195 g/mol. The Morgan fingerprint density at radius 2 is 2.23 bits per heavy atom. The fourth-order valence-corrected chi connectivity index (χ4v) is 2.72. The Kier molecular flexibility index (Phi) is 2.00. The summed E-state index contributed by atoms with van der Waals surface area (Å²) in [6.45, 7) is 1.93. The van der Waals surface area contributed by atoms with Crippen molar-refractivity contribution in [3.63, 3.8) is 0 Å². The van der Waals surface area contributed by atoms with Crippen LogP contribution in [0.3, 0.4) is 0 Å². The van der Waals surface area contributed by atoms with Crippen LogP contribution in [0.1, 0.15) is 27.2 Å². The van der Waals surface area contributed by atoms with Crippen molar-refractivity contribution in [2.24, 2.45) is 0 Å². The molecule has 0 bridgehead atoms. The number of carboxylic acid groups (broad SMARTS) is 1. The third-order valence-electron chi connectivity index (χ3n) is 2.24. The highest BCUT2D eigenvalue weighted by Gasteiger charge is 2.21. The number of carbonyl (C=O) groups is 1. The summed E-state index contributed by atoms with van der Waals surface area (Å²) in [7, 11) is 0. The van der Waals surface area contributed by atoms with Crippen molar-refractivity contribution in [3.05, 3.63) is 28.6 Å². The molecule has 0 spiro atoms. The Balaban J connectivity index is 2.62. The van der Waals surface area contributed by atoms with E-state index in [0.29, 0.717) is 5.56 Å². The first-order valence-corrected chi connectivity index (χ1v) is 5.14. The summed E-state index contributed by atoms with van der Waals surface area (Å²) < 4.78 is 0. The predicted molar refractivity (Wildman–Crippen MR) is 50.9 cm³/mol. The van der Waals surface area contributed by atoms with Crippen molar-refractivity contribution < 1.29 is 9.90 Å². The number of rotatable bonds is 1. The van der Waals surface area contributed by atoms with Gasteiger partial charge < -0.3 is 5.11 Å². The van der Waals surface area contributed by atoms with Gasteiger partial charge in [-0.25, -0.2) is 4.79 Å². The summed E-state index contributed by atoms with van der Waals surface area (Å²) >= 11 is 1.75. The van der Waals surface area contributed by atoms with E-state index >= 15 is 0 Å². The normalized spacial score (nSPS) is 14.2. The van der Waals surface area contributed by atoms with Crippen LogP contribution >= 0.6 is 11.8 Å². The maximum Gasteiger partial charge on any atom is 0.337 e. The topological polar surface area (TPSA) is 50.2 Å². The zero-order valence-corrected chi connectivity index (χ0v) is 8.02. The van der Waals surface area contributed by atoms with Crippen LogP contribution in [0.15, 0.2) is 6.20 Å². The number of nitrogens with zero attached hydrogens (tertiary/aromatic N) is 1. The van der Waals surface area contributed by atoms with E-state index in [1.54, 1.807) is 11.8 Å². The number of aryl methyl sites for hydroxylation is 1. The number of aromatic carboxylic acids is 1. The molecule has 2 heterocycles. The van der Waals surface area contributed by atoms with E-state index in [1.165, 1.54) is 6.20 Å². The van der Waals surface area contributed by atoms with Gasteiger partial charge in [0.25, 0.3) is 0 Å². The molecule has 1 aliphatic rings. The van der Waals surface area contributed by atoms with E-state index in [0.717, 1.165) is 28.3 Å². The molecule has 13 heavy (non-hydrogen) atoms. The van der Waals surface area contributed by atoms with Crippen LogP contribution in [0.25, 0.3) is 0 Å². The Morgan fingerprint density at radius 3 is 2.92 bits per heavy atom. The molecule has 2 rings (SSSR count). The van der Waals surface area contributed by atoms with Crippen LogP contribution in [0.4, 0.5) is 0 Å². The summed E-state index contributed by atoms with van der Waals surface area (Å²) in [6, 6.07) is 0. The minimum Gasteiger partial charge on any atom is -0.478 e. The Hall–Kier alpha value is -1.03. The fourth-order valence-electron chi connectivity index (χ4n) is 1.49. The van der Waals surface area contributed by atoms with Gasteiger partial charge >= 0.3 is 5.97 Å². The second-order valence-electron chi connectivity index (χ2n) is 3.01. The van der Waals surface area contributed by atoms with Crippen LogP contribution in [-0.2, 0) is 11.5 Å². The van der Waals surface area contributed by atoms with Crippen LogP contribution in [0, 0.1) is 6.92 Å². The highest BCUT2D eigenvalue weighted by molar-refractivity contribution is 7.98. The summed E-state index contributed by atoms with van der Waals surface area (Å²) in [5.74, 6) is 0.835. The molecule has 4 heteroatoms. The Bertz CT molecular complexity index is 376. The quantitative estimate of drug-likeness (QED) is 0.742. The lowest BCUT2D eigenvalue weighted by Crippen LogP contribution is -2.04. The third kappa shape index (κ3) is 1.31. The summed E-state index contributed by atoms with van der Waals surface area (Å²) in [6.07, 6.45) is 1.46. The molecule has 0 saturated heterocycles. The van der Waals surface area contributed by atoms with E-state index in [-0.39, 0.29) is 0 Å². The van der Waals surface area contributed by atoms with Crippen molar-refractivity contribution in [1.82, 2.24) is 4.98 Å². The lowest BCUT2D eigenvalue weighted by atomic mass is 10.0. The molecule has 1 aromatic rings. The van der Waals surface area contributed by atoms with Gasteiger partial charge in [0.2, 0.25) is 0 Å². The van der Waals surface area contributed by atoms with Gasteiger partial charge in [0.1, 0.15) is 0 Å². The first-order valence-electron chi connectivity index (χ1n) is 3.98. The molecule has 0 fully saturated rings. The van der Waals surface area contributed by atoms with Crippen molar-refractivity contribution in [1.29, 1.82) is 0 Å². The SMILES string of the molecule is Cc1ncc(C(=O)O)c2c1CSC2. The highest BCUT2D eigenvalue weighted by Crippen LogP contribution is 2.33. The molecule has 0 unspecified atom stereocenters. The average Bonchev–Trinajstić information content (AvgIpc) is 2.53. The maximum absolute atomic E-state index is 10.8. The second-order valence-corrected chi connectivity index (χ2v) is 4.00. The first-order chi connectivity index (χ1) is 6.20. The third-order valence-corrected chi connectivity index (χ3v) is 3.22. The molecule has 0 radical (unpaired) electrons. The van der Waals surface area contributed by atoms with Crippen molar-refractivity contribution in [2.45, 2.75) is 18.4 Å². The molecule has 3 nitrogen and oxygen atoms in total. The fraction of sp³-hybridized carbons (Fsp3) is 0.333. The minimum atomic E-state index is -0.869. The van der Waals surface area contributed by atoms with E-state index < -0.39 is 5.97 Å². The first kappa shape index (κ1) is 8.56. The number of pyridine rings is 1. The summed E-state index contributed by atoms with van der Waals surface area (Å²) in [5.41, 5.74) is 3.41. The number of hydrogen-bond donors (Lipinski definition) is 1. The maximum atomic E-state index is 10.8. The number of fused-ring (bicyclic) bond motifs is 1. The van der Waals surface area contributed by atoms with E-state index in [2.05, 4.69) is 4.98 Å². The van der Waals surface area contributed by atoms with E-state index in [1.807, 2.05) is 6.92 Å².